The highest BCUT2D eigenvalue weighted by Gasteiger charge is 2.41. The van der Waals surface area contributed by atoms with Crippen LogP contribution in [0.4, 0.5) is 10.5 Å². The van der Waals surface area contributed by atoms with Crippen molar-refractivity contribution in [1.29, 1.82) is 0 Å². The van der Waals surface area contributed by atoms with Gasteiger partial charge >= 0.3 is 12.1 Å². The van der Waals surface area contributed by atoms with Gasteiger partial charge in [0, 0.05) is 6.42 Å². The maximum Gasteiger partial charge on any atom is 0.415 e. The second-order valence-electron chi connectivity index (χ2n) is 7.29. The van der Waals surface area contributed by atoms with Gasteiger partial charge in [-0.3, -0.25) is 4.90 Å². The number of anilines is 1. The SMILES string of the molecule is CC(C)(C)OC(=O)[C@H]1Cc2ccccc2N1C(=O)OCc1ccccc1. The molecule has 0 aromatic heterocycles. The molecule has 3 rings (SSSR count). The smallest absolute Gasteiger partial charge is 0.415 e. The third kappa shape index (κ3) is 4.04. The molecule has 0 saturated heterocycles. The summed E-state index contributed by atoms with van der Waals surface area (Å²) in [4.78, 5) is 26.8. The van der Waals surface area contributed by atoms with E-state index in [2.05, 4.69) is 0 Å². The number of carbonyl (C=O) groups excluding carboxylic acids is 2. The zero-order valence-corrected chi connectivity index (χ0v) is 15.3. The van der Waals surface area contributed by atoms with Crippen LogP contribution < -0.4 is 4.90 Å². The summed E-state index contributed by atoms with van der Waals surface area (Å²) in [5, 5.41) is 0. The molecular weight excluding hydrogens is 330 g/mol. The zero-order valence-electron chi connectivity index (χ0n) is 15.3. The molecule has 1 amide bonds. The fourth-order valence-corrected chi connectivity index (χ4v) is 2.96. The molecule has 5 heteroatoms. The van der Waals surface area contributed by atoms with E-state index < -0.39 is 23.7 Å². The van der Waals surface area contributed by atoms with Crippen molar-refractivity contribution in [1.82, 2.24) is 0 Å². The molecule has 1 heterocycles. The number of ether oxygens (including phenoxy) is 2. The Bertz CT molecular complexity index is 795. The van der Waals surface area contributed by atoms with Crippen molar-refractivity contribution < 1.29 is 19.1 Å². The Hall–Kier alpha value is -2.82. The van der Waals surface area contributed by atoms with Crippen LogP contribution in [0.3, 0.4) is 0 Å². The molecule has 0 saturated carbocycles. The number of benzene rings is 2. The molecule has 0 radical (unpaired) electrons. The van der Waals surface area contributed by atoms with Crippen LogP contribution in [-0.2, 0) is 27.3 Å². The minimum atomic E-state index is -0.713. The molecule has 1 atom stereocenters. The van der Waals surface area contributed by atoms with E-state index in [0.717, 1.165) is 11.1 Å². The molecule has 0 N–H and O–H groups in total. The first kappa shape index (κ1) is 18.0. The van der Waals surface area contributed by atoms with Gasteiger partial charge in [0.25, 0.3) is 0 Å². The number of carbonyl (C=O) groups is 2. The highest BCUT2D eigenvalue weighted by atomic mass is 16.6. The molecule has 1 aliphatic heterocycles. The molecule has 2 aromatic rings. The van der Waals surface area contributed by atoms with Crippen LogP contribution in [0.5, 0.6) is 0 Å². The number of hydrogen-bond acceptors (Lipinski definition) is 4. The first-order valence-electron chi connectivity index (χ1n) is 8.66. The van der Waals surface area contributed by atoms with Crippen LogP contribution in [0.1, 0.15) is 31.9 Å². The van der Waals surface area contributed by atoms with Gasteiger partial charge in [0.1, 0.15) is 18.2 Å². The van der Waals surface area contributed by atoms with E-state index in [4.69, 9.17) is 9.47 Å². The fraction of sp³-hybridized carbons (Fsp3) is 0.333. The van der Waals surface area contributed by atoms with E-state index >= 15 is 0 Å². The molecule has 5 nitrogen and oxygen atoms in total. The van der Waals surface area contributed by atoms with Gasteiger partial charge in [-0.25, -0.2) is 9.59 Å². The maximum atomic E-state index is 12.8. The van der Waals surface area contributed by atoms with E-state index in [1.807, 2.05) is 75.4 Å². The van der Waals surface area contributed by atoms with Crippen molar-refractivity contribution in [3.63, 3.8) is 0 Å². The van der Waals surface area contributed by atoms with Crippen LogP contribution in [0.25, 0.3) is 0 Å². The summed E-state index contributed by atoms with van der Waals surface area (Å²) in [5.41, 5.74) is 1.90. The van der Waals surface area contributed by atoms with Gasteiger partial charge in [0.15, 0.2) is 0 Å². The lowest BCUT2D eigenvalue weighted by Crippen LogP contribution is -2.46. The van der Waals surface area contributed by atoms with Crippen LogP contribution in [0.15, 0.2) is 54.6 Å². The number of esters is 1. The van der Waals surface area contributed by atoms with Crippen molar-refractivity contribution in [2.45, 2.75) is 45.4 Å². The van der Waals surface area contributed by atoms with Crippen LogP contribution in [-0.4, -0.2) is 23.7 Å². The van der Waals surface area contributed by atoms with Crippen molar-refractivity contribution in [2.75, 3.05) is 4.90 Å². The van der Waals surface area contributed by atoms with Crippen molar-refractivity contribution in [3.05, 3.63) is 65.7 Å². The lowest BCUT2D eigenvalue weighted by atomic mass is 10.1. The first-order valence-corrected chi connectivity index (χ1v) is 8.66. The van der Waals surface area contributed by atoms with Crippen molar-refractivity contribution in [2.24, 2.45) is 0 Å². The highest BCUT2D eigenvalue weighted by molar-refractivity contribution is 5.99. The summed E-state index contributed by atoms with van der Waals surface area (Å²) in [7, 11) is 0. The second kappa shape index (κ2) is 7.20. The number of amides is 1. The van der Waals surface area contributed by atoms with E-state index in [-0.39, 0.29) is 6.61 Å². The highest BCUT2D eigenvalue weighted by Crippen LogP contribution is 2.33. The Labute approximate surface area is 153 Å². The Morgan fingerprint density at radius 3 is 2.38 bits per heavy atom. The Balaban J connectivity index is 1.79. The third-order valence-electron chi connectivity index (χ3n) is 4.06. The number of fused-ring (bicyclic) bond motifs is 1. The van der Waals surface area contributed by atoms with Crippen LogP contribution in [0.2, 0.25) is 0 Å². The van der Waals surface area contributed by atoms with Crippen LogP contribution in [0, 0.1) is 0 Å². The predicted molar refractivity (Wildman–Crippen MR) is 98.9 cm³/mol. The summed E-state index contributed by atoms with van der Waals surface area (Å²) in [6.07, 6.45) is -0.124. The predicted octanol–water partition coefficient (Wildman–Crippen LogP) is 4.10. The Kier molecular flexibility index (Phi) is 4.98. The average molecular weight is 353 g/mol. The Morgan fingerprint density at radius 1 is 1.04 bits per heavy atom. The molecular formula is C21H23NO4. The molecule has 136 valence electrons. The molecule has 0 unspecified atom stereocenters. The van der Waals surface area contributed by atoms with Gasteiger partial charge in [-0.05, 0) is 38.0 Å². The first-order chi connectivity index (χ1) is 12.3. The molecule has 0 fully saturated rings. The lowest BCUT2D eigenvalue weighted by Gasteiger charge is -2.27. The number of rotatable bonds is 3. The van der Waals surface area contributed by atoms with Gasteiger partial charge in [0.2, 0.25) is 0 Å². The standard InChI is InChI=1S/C21H23NO4/c1-21(2,3)26-19(23)18-13-16-11-7-8-12-17(16)22(18)20(24)25-14-15-9-5-4-6-10-15/h4-12,18H,13-14H2,1-3H3/t18-/m1/s1. The molecule has 0 spiro atoms. The Morgan fingerprint density at radius 2 is 1.69 bits per heavy atom. The van der Waals surface area contributed by atoms with E-state index in [1.54, 1.807) is 0 Å². The topological polar surface area (TPSA) is 55.8 Å². The van der Waals surface area contributed by atoms with E-state index in [1.165, 1.54) is 4.90 Å². The van der Waals surface area contributed by atoms with Gasteiger partial charge in [0.05, 0.1) is 5.69 Å². The second-order valence-corrected chi connectivity index (χ2v) is 7.29. The quantitative estimate of drug-likeness (QED) is 0.780. The zero-order chi connectivity index (χ0) is 18.7. The molecule has 26 heavy (non-hydrogen) atoms. The van der Waals surface area contributed by atoms with E-state index in [0.29, 0.717) is 12.1 Å². The van der Waals surface area contributed by atoms with E-state index in [9.17, 15) is 9.59 Å². The number of hydrogen-bond donors (Lipinski definition) is 0. The lowest BCUT2D eigenvalue weighted by molar-refractivity contribution is -0.156. The molecule has 2 aromatic carbocycles. The summed E-state index contributed by atoms with van der Waals surface area (Å²) in [6, 6.07) is 16.2. The minimum absolute atomic E-state index is 0.152. The largest absolute Gasteiger partial charge is 0.458 e. The molecule has 0 bridgehead atoms. The number of para-hydroxylation sites is 1. The molecule has 1 aliphatic rings. The van der Waals surface area contributed by atoms with Crippen LogP contribution >= 0.6 is 0 Å². The fourth-order valence-electron chi connectivity index (χ4n) is 2.96. The summed E-state index contributed by atoms with van der Waals surface area (Å²) >= 11 is 0. The van der Waals surface area contributed by atoms with Crippen molar-refractivity contribution in [3.8, 4) is 0 Å². The van der Waals surface area contributed by atoms with Gasteiger partial charge < -0.3 is 9.47 Å². The summed E-state index contributed by atoms with van der Waals surface area (Å²) < 4.78 is 11.0. The number of nitrogens with zero attached hydrogens (tertiary/aromatic N) is 1. The van der Waals surface area contributed by atoms with Gasteiger partial charge in [-0.1, -0.05) is 48.5 Å². The monoisotopic (exact) mass is 353 g/mol. The summed E-state index contributed by atoms with van der Waals surface area (Å²) in [6.45, 7) is 5.58. The van der Waals surface area contributed by atoms with Gasteiger partial charge in [-0.15, -0.1) is 0 Å². The normalized spacial score (nSPS) is 16.1. The summed E-state index contributed by atoms with van der Waals surface area (Å²) in [5.74, 6) is -0.426. The molecule has 0 aliphatic carbocycles. The minimum Gasteiger partial charge on any atom is -0.458 e. The third-order valence-corrected chi connectivity index (χ3v) is 4.06. The maximum absolute atomic E-state index is 12.8. The average Bonchev–Trinajstić information content (AvgIpc) is 2.99. The van der Waals surface area contributed by atoms with Gasteiger partial charge in [-0.2, -0.15) is 0 Å². The van der Waals surface area contributed by atoms with Crippen molar-refractivity contribution >= 4 is 17.7 Å².